The molecule has 0 bridgehead atoms. The molecule has 2 aromatic rings. The fraction of sp³-hybridized carbons (Fsp3) is 0.0714. The smallest absolute Gasteiger partial charge is 0.323 e. The van der Waals surface area contributed by atoms with Crippen LogP contribution in [-0.4, -0.2) is 32.7 Å². The average Bonchev–Trinajstić information content (AvgIpc) is 2.92. The van der Waals surface area contributed by atoms with E-state index in [0.717, 1.165) is 31.6 Å². The van der Waals surface area contributed by atoms with Crippen LogP contribution in [0, 0.1) is 0 Å². The molecule has 1 amide bonds. The third-order valence-electron chi connectivity index (χ3n) is 2.99. The standard InChI is InChI=1S/C14H8ClNO3S3/c15-12-7-3-1-2-4-8(7)21-9(12)5-10-13(19)16(6-11(17)18)14(20)22-10/h1-5H,6H2,(H,17,18)/b10-5-. The Labute approximate surface area is 144 Å². The second-order valence-corrected chi connectivity index (χ2v) is 7.58. The first-order chi connectivity index (χ1) is 10.5. The van der Waals surface area contributed by atoms with E-state index in [-0.39, 0.29) is 4.32 Å². The average molecular weight is 370 g/mol. The number of carboxylic acid groups (broad SMARTS) is 1. The van der Waals surface area contributed by atoms with Crippen molar-refractivity contribution in [2.24, 2.45) is 0 Å². The van der Waals surface area contributed by atoms with E-state index in [9.17, 15) is 9.59 Å². The minimum Gasteiger partial charge on any atom is -0.480 e. The fourth-order valence-electron chi connectivity index (χ4n) is 2.02. The first-order valence-electron chi connectivity index (χ1n) is 6.11. The molecule has 0 atom stereocenters. The van der Waals surface area contributed by atoms with Gasteiger partial charge in [-0.2, -0.15) is 0 Å². The van der Waals surface area contributed by atoms with Crippen LogP contribution in [0.3, 0.4) is 0 Å². The minimum atomic E-state index is -1.10. The highest BCUT2D eigenvalue weighted by Crippen LogP contribution is 2.39. The van der Waals surface area contributed by atoms with Crippen molar-refractivity contribution in [3.05, 3.63) is 39.1 Å². The van der Waals surface area contributed by atoms with Crippen LogP contribution in [0.4, 0.5) is 0 Å². The van der Waals surface area contributed by atoms with Crippen LogP contribution < -0.4 is 0 Å². The van der Waals surface area contributed by atoms with Crippen molar-refractivity contribution in [1.82, 2.24) is 4.90 Å². The summed E-state index contributed by atoms with van der Waals surface area (Å²) >= 11 is 14.0. The Kier molecular flexibility index (Phi) is 4.22. The monoisotopic (exact) mass is 369 g/mol. The molecule has 0 saturated carbocycles. The van der Waals surface area contributed by atoms with Crippen molar-refractivity contribution in [1.29, 1.82) is 0 Å². The van der Waals surface area contributed by atoms with Crippen LogP contribution in [-0.2, 0) is 9.59 Å². The third-order valence-corrected chi connectivity index (χ3v) is 6.00. The number of benzene rings is 1. The number of carbonyl (C=O) groups is 2. The van der Waals surface area contributed by atoms with Gasteiger partial charge >= 0.3 is 5.97 Å². The molecule has 1 fully saturated rings. The van der Waals surface area contributed by atoms with Crippen LogP contribution in [0.15, 0.2) is 29.2 Å². The largest absolute Gasteiger partial charge is 0.480 e. The van der Waals surface area contributed by atoms with Crippen LogP contribution in [0.5, 0.6) is 0 Å². The number of thiophene rings is 1. The predicted molar refractivity (Wildman–Crippen MR) is 94.3 cm³/mol. The summed E-state index contributed by atoms with van der Waals surface area (Å²) in [5.41, 5.74) is 0. The second-order valence-electron chi connectivity index (χ2n) is 4.44. The first-order valence-corrected chi connectivity index (χ1v) is 8.53. The molecular formula is C14H8ClNO3S3. The number of aliphatic carboxylic acids is 1. The highest BCUT2D eigenvalue weighted by atomic mass is 35.5. The van der Waals surface area contributed by atoms with Gasteiger partial charge in [-0.25, -0.2) is 0 Å². The molecule has 0 unspecified atom stereocenters. The number of thioether (sulfide) groups is 1. The Morgan fingerprint density at radius 3 is 2.82 bits per heavy atom. The van der Waals surface area contributed by atoms with Gasteiger partial charge < -0.3 is 5.11 Å². The van der Waals surface area contributed by atoms with E-state index < -0.39 is 18.4 Å². The molecule has 3 rings (SSSR count). The summed E-state index contributed by atoms with van der Waals surface area (Å²) in [5.74, 6) is -1.50. The summed E-state index contributed by atoms with van der Waals surface area (Å²) < 4.78 is 1.27. The van der Waals surface area contributed by atoms with E-state index in [2.05, 4.69) is 0 Å². The lowest BCUT2D eigenvalue weighted by atomic mass is 10.2. The normalized spacial score (nSPS) is 17.0. The van der Waals surface area contributed by atoms with Crippen LogP contribution >= 0.6 is 46.9 Å². The Balaban J connectivity index is 1.98. The van der Waals surface area contributed by atoms with E-state index in [4.69, 9.17) is 28.9 Å². The van der Waals surface area contributed by atoms with Gasteiger partial charge in [-0.3, -0.25) is 14.5 Å². The predicted octanol–water partition coefficient (Wildman–Crippen LogP) is 3.84. The van der Waals surface area contributed by atoms with Crippen molar-refractivity contribution in [2.75, 3.05) is 6.54 Å². The number of hydrogen-bond acceptors (Lipinski definition) is 5. The number of rotatable bonds is 3. The Bertz CT molecular complexity index is 843. The van der Waals surface area contributed by atoms with Gasteiger partial charge in [0.25, 0.3) is 5.91 Å². The van der Waals surface area contributed by atoms with Gasteiger partial charge in [0, 0.05) is 15.0 Å². The highest BCUT2D eigenvalue weighted by Gasteiger charge is 2.33. The van der Waals surface area contributed by atoms with Crippen LogP contribution in [0.1, 0.15) is 4.88 Å². The molecule has 22 heavy (non-hydrogen) atoms. The lowest BCUT2D eigenvalue weighted by Gasteiger charge is -2.10. The van der Waals surface area contributed by atoms with Crippen LogP contribution in [0.25, 0.3) is 16.2 Å². The van der Waals surface area contributed by atoms with E-state index >= 15 is 0 Å². The quantitative estimate of drug-likeness (QED) is 0.658. The lowest BCUT2D eigenvalue weighted by molar-refractivity contribution is -0.140. The van der Waals surface area contributed by atoms with Gasteiger partial charge in [0.1, 0.15) is 10.9 Å². The maximum atomic E-state index is 12.2. The zero-order valence-electron chi connectivity index (χ0n) is 10.9. The maximum Gasteiger partial charge on any atom is 0.323 e. The fourth-order valence-corrected chi connectivity index (χ4v) is 4.76. The number of thiocarbonyl (C=S) groups is 1. The molecule has 2 heterocycles. The number of amides is 1. The molecule has 0 radical (unpaired) electrons. The van der Waals surface area contributed by atoms with E-state index in [1.165, 1.54) is 11.3 Å². The van der Waals surface area contributed by atoms with Gasteiger partial charge in [0.2, 0.25) is 0 Å². The van der Waals surface area contributed by atoms with Crippen molar-refractivity contribution in [2.45, 2.75) is 0 Å². The molecule has 8 heteroatoms. The molecule has 1 saturated heterocycles. The molecule has 1 aromatic heterocycles. The summed E-state index contributed by atoms with van der Waals surface area (Å²) in [6.07, 6.45) is 1.67. The Morgan fingerprint density at radius 1 is 1.41 bits per heavy atom. The van der Waals surface area contributed by atoms with Crippen molar-refractivity contribution >= 4 is 79.3 Å². The van der Waals surface area contributed by atoms with Gasteiger partial charge in [-0.05, 0) is 12.1 Å². The van der Waals surface area contributed by atoms with Gasteiger partial charge in [0.15, 0.2) is 0 Å². The Morgan fingerprint density at radius 2 is 2.14 bits per heavy atom. The number of hydrogen-bond donors (Lipinski definition) is 1. The zero-order valence-corrected chi connectivity index (χ0v) is 14.1. The third kappa shape index (κ3) is 2.77. The number of carbonyl (C=O) groups excluding carboxylic acids is 1. The lowest BCUT2D eigenvalue weighted by Crippen LogP contribution is -2.33. The summed E-state index contributed by atoms with van der Waals surface area (Å²) in [6, 6.07) is 7.70. The van der Waals surface area contributed by atoms with Crippen molar-refractivity contribution in [3.63, 3.8) is 0 Å². The molecule has 0 spiro atoms. The van der Waals surface area contributed by atoms with Crippen molar-refractivity contribution < 1.29 is 14.7 Å². The number of carboxylic acids is 1. The number of nitrogens with zero attached hydrogens (tertiary/aromatic N) is 1. The SMILES string of the molecule is O=C(O)CN1C(=O)/C(=C/c2sc3ccccc3c2Cl)SC1=S. The summed E-state index contributed by atoms with van der Waals surface area (Å²) in [4.78, 5) is 25.2. The van der Waals surface area contributed by atoms with Gasteiger partial charge in [0.05, 0.1) is 9.93 Å². The van der Waals surface area contributed by atoms with Gasteiger partial charge in [-0.15, -0.1) is 11.3 Å². The minimum absolute atomic E-state index is 0.246. The second kappa shape index (κ2) is 6.00. The Hall–Kier alpha value is -1.41. The van der Waals surface area contributed by atoms with E-state index in [1.807, 2.05) is 24.3 Å². The molecule has 4 nitrogen and oxygen atoms in total. The molecule has 0 aliphatic carbocycles. The van der Waals surface area contributed by atoms with E-state index in [1.54, 1.807) is 6.08 Å². The summed E-state index contributed by atoms with van der Waals surface area (Å²) in [5, 5.41) is 10.3. The maximum absolute atomic E-state index is 12.2. The molecule has 1 aliphatic heterocycles. The molecule has 1 aliphatic rings. The molecule has 1 N–H and O–H groups in total. The van der Waals surface area contributed by atoms with E-state index in [0.29, 0.717) is 9.93 Å². The van der Waals surface area contributed by atoms with Gasteiger partial charge in [-0.1, -0.05) is 53.8 Å². The number of halogens is 1. The topological polar surface area (TPSA) is 57.6 Å². The summed E-state index contributed by atoms with van der Waals surface area (Å²) in [6.45, 7) is -0.428. The first kappa shape index (κ1) is 15.5. The highest BCUT2D eigenvalue weighted by molar-refractivity contribution is 8.26. The van der Waals surface area contributed by atoms with Crippen LogP contribution in [0.2, 0.25) is 5.02 Å². The zero-order chi connectivity index (χ0) is 15.9. The molecular weight excluding hydrogens is 362 g/mol. The summed E-state index contributed by atoms with van der Waals surface area (Å²) in [7, 11) is 0. The molecule has 1 aromatic carbocycles. The molecule has 112 valence electrons. The number of fused-ring (bicyclic) bond motifs is 1. The van der Waals surface area contributed by atoms with Crippen molar-refractivity contribution in [3.8, 4) is 0 Å².